The van der Waals surface area contributed by atoms with Crippen LogP contribution in [0.3, 0.4) is 0 Å². The average molecular weight is 306 g/mol. The summed E-state index contributed by atoms with van der Waals surface area (Å²) in [6.07, 6.45) is -4.65. The highest BCUT2D eigenvalue weighted by atomic mass is 19.4. The third-order valence-corrected chi connectivity index (χ3v) is 3.90. The van der Waals surface area contributed by atoms with Gasteiger partial charge in [0.05, 0.1) is 0 Å². The van der Waals surface area contributed by atoms with Crippen LogP contribution in [0.2, 0.25) is 0 Å². The minimum atomic E-state index is -4.15. The predicted molar refractivity (Wildman–Crippen MR) is 75.2 cm³/mol. The van der Waals surface area contributed by atoms with Gasteiger partial charge in [0, 0.05) is 30.6 Å². The molecule has 0 spiro atoms. The van der Waals surface area contributed by atoms with Gasteiger partial charge in [0.25, 0.3) is 0 Å². The first-order chi connectivity index (χ1) is 9.68. The normalized spacial score (nSPS) is 15.2. The number of alkyl halides is 3. The monoisotopic (exact) mass is 306 g/mol. The summed E-state index contributed by atoms with van der Waals surface area (Å²) in [5.74, 6) is -0.320. The zero-order valence-corrected chi connectivity index (χ0v) is 12.4. The number of nitrogens with two attached hydrogens (primary N) is 1. The Bertz CT molecular complexity index is 448. The summed E-state index contributed by atoms with van der Waals surface area (Å²) in [5, 5.41) is 0. The van der Waals surface area contributed by atoms with Crippen molar-refractivity contribution in [2.75, 3.05) is 13.6 Å². The molecule has 0 aliphatic carbocycles. The van der Waals surface area contributed by atoms with Crippen LogP contribution in [0.4, 0.5) is 17.6 Å². The van der Waals surface area contributed by atoms with Crippen molar-refractivity contribution in [2.45, 2.75) is 44.4 Å². The molecule has 1 aromatic carbocycles. The molecule has 21 heavy (non-hydrogen) atoms. The maximum atomic E-state index is 13.6. The van der Waals surface area contributed by atoms with Crippen LogP contribution in [0, 0.1) is 5.82 Å². The van der Waals surface area contributed by atoms with E-state index in [0.717, 1.165) is 0 Å². The molecule has 1 aromatic rings. The molecule has 0 heterocycles. The molecule has 0 radical (unpaired) electrons. The van der Waals surface area contributed by atoms with Crippen molar-refractivity contribution >= 4 is 0 Å². The van der Waals surface area contributed by atoms with Crippen LogP contribution in [0.15, 0.2) is 24.3 Å². The minimum absolute atomic E-state index is 0.0127. The van der Waals surface area contributed by atoms with Gasteiger partial charge in [0.15, 0.2) is 0 Å². The molecule has 0 saturated carbocycles. The Labute approximate surface area is 122 Å². The highest BCUT2D eigenvalue weighted by Crippen LogP contribution is 2.27. The van der Waals surface area contributed by atoms with Crippen LogP contribution in [-0.4, -0.2) is 30.2 Å². The molecule has 0 fully saturated rings. The Morgan fingerprint density at radius 3 is 2.29 bits per heavy atom. The molecule has 120 valence electrons. The van der Waals surface area contributed by atoms with Crippen molar-refractivity contribution in [3.05, 3.63) is 35.6 Å². The van der Waals surface area contributed by atoms with E-state index >= 15 is 0 Å². The lowest BCUT2D eigenvalue weighted by molar-refractivity contribution is -0.136. The van der Waals surface area contributed by atoms with E-state index in [4.69, 9.17) is 5.73 Å². The SMILES string of the molecule is CN(Cc1ccccc1F)C(C)(CN)CCCC(F)(F)F. The van der Waals surface area contributed by atoms with Gasteiger partial charge >= 0.3 is 6.18 Å². The number of hydrogen-bond donors (Lipinski definition) is 1. The van der Waals surface area contributed by atoms with E-state index in [2.05, 4.69) is 0 Å². The third kappa shape index (κ3) is 5.63. The van der Waals surface area contributed by atoms with Crippen LogP contribution in [0.25, 0.3) is 0 Å². The zero-order chi connectivity index (χ0) is 16.1. The summed E-state index contributed by atoms with van der Waals surface area (Å²) < 4.78 is 50.4. The van der Waals surface area contributed by atoms with Gasteiger partial charge in [0.2, 0.25) is 0 Å². The van der Waals surface area contributed by atoms with Gasteiger partial charge in [-0.2, -0.15) is 13.2 Å². The predicted octanol–water partition coefficient (Wildman–Crippen LogP) is 3.71. The van der Waals surface area contributed by atoms with E-state index in [9.17, 15) is 17.6 Å². The maximum Gasteiger partial charge on any atom is 0.389 e. The number of rotatable bonds is 7. The average Bonchev–Trinajstić information content (AvgIpc) is 2.39. The van der Waals surface area contributed by atoms with Crippen LogP contribution in [0.1, 0.15) is 31.7 Å². The molecule has 2 N–H and O–H groups in total. The van der Waals surface area contributed by atoms with Crippen molar-refractivity contribution in [1.82, 2.24) is 4.90 Å². The molecular formula is C15H22F4N2. The largest absolute Gasteiger partial charge is 0.389 e. The van der Waals surface area contributed by atoms with Gasteiger partial charge in [-0.25, -0.2) is 4.39 Å². The van der Waals surface area contributed by atoms with Crippen molar-refractivity contribution < 1.29 is 17.6 Å². The smallest absolute Gasteiger partial charge is 0.329 e. The number of halogens is 4. The van der Waals surface area contributed by atoms with Gasteiger partial charge in [0.1, 0.15) is 5.82 Å². The molecule has 0 aliphatic heterocycles. The molecule has 1 rings (SSSR count). The van der Waals surface area contributed by atoms with Crippen LogP contribution < -0.4 is 5.73 Å². The summed E-state index contributed by atoms with van der Waals surface area (Å²) in [7, 11) is 1.76. The molecule has 0 bridgehead atoms. The van der Waals surface area contributed by atoms with Crippen molar-refractivity contribution in [2.24, 2.45) is 5.73 Å². The van der Waals surface area contributed by atoms with E-state index in [1.807, 2.05) is 11.8 Å². The number of benzene rings is 1. The second kappa shape index (κ2) is 7.22. The van der Waals surface area contributed by atoms with E-state index in [1.165, 1.54) is 6.07 Å². The Morgan fingerprint density at radius 2 is 1.76 bits per heavy atom. The first-order valence-electron chi connectivity index (χ1n) is 6.89. The minimum Gasteiger partial charge on any atom is -0.329 e. The fourth-order valence-corrected chi connectivity index (χ4v) is 2.19. The topological polar surface area (TPSA) is 29.3 Å². The van der Waals surface area contributed by atoms with Crippen molar-refractivity contribution in [3.63, 3.8) is 0 Å². The number of hydrogen-bond acceptors (Lipinski definition) is 2. The lowest BCUT2D eigenvalue weighted by atomic mass is 9.92. The molecule has 2 nitrogen and oxygen atoms in total. The Balaban J connectivity index is 2.67. The van der Waals surface area contributed by atoms with Crippen LogP contribution in [0.5, 0.6) is 0 Å². The van der Waals surface area contributed by atoms with Crippen molar-refractivity contribution in [1.29, 1.82) is 0 Å². The van der Waals surface area contributed by atoms with Gasteiger partial charge in [-0.15, -0.1) is 0 Å². The second-order valence-electron chi connectivity index (χ2n) is 5.62. The molecular weight excluding hydrogens is 284 g/mol. The van der Waals surface area contributed by atoms with Gasteiger partial charge in [-0.1, -0.05) is 18.2 Å². The standard InChI is InChI=1S/C15H22F4N2/c1-14(11-20,8-5-9-15(17,18)19)21(2)10-12-6-3-4-7-13(12)16/h3-4,6-7H,5,8-11,20H2,1-2H3. The second-order valence-corrected chi connectivity index (χ2v) is 5.62. The summed E-state index contributed by atoms with van der Waals surface area (Å²) in [5.41, 5.74) is 5.65. The first-order valence-corrected chi connectivity index (χ1v) is 6.89. The Hall–Kier alpha value is -1.14. The molecule has 0 aromatic heterocycles. The van der Waals surface area contributed by atoms with Gasteiger partial charge < -0.3 is 5.73 Å². The van der Waals surface area contributed by atoms with Crippen LogP contribution in [-0.2, 0) is 6.54 Å². The van der Waals surface area contributed by atoms with E-state index in [-0.39, 0.29) is 18.8 Å². The van der Waals surface area contributed by atoms with Crippen molar-refractivity contribution in [3.8, 4) is 0 Å². The fourth-order valence-electron chi connectivity index (χ4n) is 2.19. The lowest BCUT2D eigenvalue weighted by Crippen LogP contribution is -2.49. The van der Waals surface area contributed by atoms with Gasteiger partial charge in [-0.3, -0.25) is 4.90 Å². The first kappa shape index (κ1) is 17.9. The van der Waals surface area contributed by atoms with Crippen LogP contribution >= 0.6 is 0 Å². The summed E-state index contributed by atoms with van der Waals surface area (Å²) >= 11 is 0. The summed E-state index contributed by atoms with van der Waals surface area (Å²) in [4.78, 5) is 1.82. The summed E-state index contributed by atoms with van der Waals surface area (Å²) in [6, 6.07) is 6.37. The van der Waals surface area contributed by atoms with Gasteiger partial charge in [-0.05, 0) is 32.9 Å². The van der Waals surface area contributed by atoms with E-state index < -0.39 is 18.1 Å². The molecule has 0 saturated heterocycles. The Kier molecular flexibility index (Phi) is 6.16. The molecule has 1 atom stereocenters. The molecule has 0 aliphatic rings. The number of likely N-dealkylation sites (N-methyl/N-ethyl adjacent to an activating group) is 1. The number of nitrogens with zero attached hydrogens (tertiary/aromatic N) is 1. The third-order valence-electron chi connectivity index (χ3n) is 3.90. The highest BCUT2D eigenvalue weighted by Gasteiger charge is 2.32. The molecule has 0 amide bonds. The van der Waals surface area contributed by atoms with E-state index in [0.29, 0.717) is 18.5 Å². The maximum absolute atomic E-state index is 13.6. The lowest BCUT2D eigenvalue weighted by Gasteiger charge is -2.38. The summed E-state index contributed by atoms with van der Waals surface area (Å²) in [6.45, 7) is 2.34. The molecule has 6 heteroatoms. The fraction of sp³-hybridized carbons (Fsp3) is 0.600. The van der Waals surface area contributed by atoms with E-state index in [1.54, 1.807) is 25.2 Å². The quantitative estimate of drug-likeness (QED) is 0.778. The molecule has 1 unspecified atom stereocenters. The highest BCUT2D eigenvalue weighted by molar-refractivity contribution is 5.17. The Morgan fingerprint density at radius 1 is 1.14 bits per heavy atom. The zero-order valence-electron chi connectivity index (χ0n) is 12.4.